The van der Waals surface area contributed by atoms with Crippen LogP contribution in [0.3, 0.4) is 0 Å². The summed E-state index contributed by atoms with van der Waals surface area (Å²) in [5, 5.41) is 2.91. The van der Waals surface area contributed by atoms with Crippen LogP contribution in [0.5, 0.6) is 0 Å². The van der Waals surface area contributed by atoms with Crippen LogP contribution < -0.4 is 5.32 Å². The molecular weight excluding hydrogens is 359 g/mol. The van der Waals surface area contributed by atoms with Crippen molar-refractivity contribution in [2.75, 3.05) is 32.1 Å². The predicted octanol–water partition coefficient (Wildman–Crippen LogP) is 4.83. The van der Waals surface area contributed by atoms with E-state index >= 15 is 0 Å². The lowest BCUT2D eigenvalue weighted by Gasteiger charge is -2.19. The first-order valence-corrected chi connectivity index (χ1v) is 8.78. The van der Waals surface area contributed by atoms with Crippen LogP contribution in [0.15, 0.2) is 16.5 Å². The van der Waals surface area contributed by atoms with E-state index in [1.165, 1.54) is 0 Å². The molecule has 0 aliphatic rings. The molecule has 0 aliphatic carbocycles. The Morgan fingerprint density at radius 1 is 1.19 bits per heavy atom. The average molecular weight is 385 g/mol. The Morgan fingerprint density at radius 3 is 2.33 bits per heavy atom. The Balaban J connectivity index is 2.33. The summed E-state index contributed by atoms with van der Waals surface area (Å²) < 4.78 is 50.8. The largest absolute Gasteiger partial charge is 0.436 e. The topological polar surface area (TPSA) is 50.5 Å². The lowest BCUT2D eigenvalue weighted by atomic mass is 10.1. The maximum Gasteiger partial charge on any atom is 0.436 e. The molecule has 1 aromatic heterocycles. The second-order valence-electron chi connectivity index (χ2n) is 6.55. The molecule has 0 spiro atoms. The number of alkyl halides is 3. The minimum atomic E-state index is -4.59. The van der Waals surface area contributed by atoms with E-state index in [1.54, 1.807) is 7.11 Å². The van der Waals surface area contributed by atoms with Crippen LogP contribution in [0.4, 0.5) is 24.9 Å². The number of oxazole rings is 1. The molecule has 0 saturated carbocycles. The molecule has 0 atom stereocenters. The zero-order valence-electron chi connectivity index (χ0n) is 16.3. The van der Waals surface area contributed by atoms with E-state index in [1.807, 2.05) is 44.7 Å². The van der Waals surface area contributed by atoms with Crippen LogP contribution >= 0.6 is 0 Å². The number of halogens is 3. The lowest BCUT2D eigenvalue weighted by molar-refractivity contribution is -0.142. The highest BCUT2D eigenvalue weighted by Gasteiger charge is 2.39. The molecule has 8 heteroatoms. The van der Waals surface area contributed by atoms with Crippen molar-refractivity contribution in [3.05, 3.63) is 40.3 Å². The summed E-state index contributed by atoms with van der Waals surface area (Å²) in [6.45, 7) is 9.13. The van der Waals surface area contributed by atoms with Crippen molar-refractivity contribution in [1.29, 1.82) is 0 Å². The number of hydrogen-bond donors (Lipinski definition) is 1. The summed E-state index contributed by atoms with van der Waals surface area (Å²) in [5.41, 5.74) is 2.61. The Morgan fingerprint density at radius 2 is 1.81 bits per heavy atom. The van der Waals surface area contributed by atoms with Crippen molar-refractivity contribution < 1.29 is 22.3 Å². The van der Waals surface area contributed by atoms with Crippen LogP contribution in [0.1, 0.15) is 35.1 Å². The van der Waals surface area contributed by atoms with Gasteiger partial charge in [0.25, 0.3) is 6.01 Å². The summed E-state index contributed by atoms with van der Waals surface area (Å²) in [5.74, 6) is -0.203. The van der Waals surface area contributed by atoms with Crippen LogP contribution in [0.2, 0.25) is 0 Å². The Hall–Kier alpha value is -2.06. The zero-order chi connectivity index (χ0) is 20.2. The number of anilines is 2. The lowest BCUT2D eigenvalue weighted by Crippen LogP contribution is -2.27. The Kier molecular flexibility index (Phi) is 6.89. The monoisotopic (exact) mass is 385 g/mol. The van der Waals surface area contributed by atoms with Crippen LogP contribution in [-0.4, -0.2) is 36.7 Å². The van der Waals surface area contributed by atoms with Crippen molar-refractivity contribution in [3.63, 3.8) is 0 Å². The van der Waals surface area contributed by atoms with Crippen LogP contribution in [-0.2, 0) is 17.5 Å². The van der Waals surface area contributed by atoms with Crippen molar-refractivity contribution in [1.82, 2.24) is 9.88 Å². The number of likely N-dealkylation sites (N-methyl/N-ethyl adjacent to an activating group) is 1. The van der Waals surface area contributed by atoms with Gasteiger partial charge in [0, 0.05) is 19.3 Å². The van der Waals surface area contributed by atoms with E-state index in [9.17, 15) is 13.2 Å². The maximum absolute atomic E-state index is 13.4. The second-order valence-corrected chi connectivity index (χ2v) is 6.55. The first-order chi connectivity index (χ1) is 12.7. The molecule has 1 N–H and O–H groups in total. The number of aryl methyl sites for hydroxylation is 3. The average Bonchev–Trinajstić information content (AvgIpc) is 2.97. The number of methoxy groups -OCH3 is 1. The van der Waals surface area contributed by atoms with Gasteiger partial charge in [0.15, 0.2) is 11.5 Å². The molecule has 0 amide bonds. The summed E-state index contributed by atoms with van der Waals surface area (Å²) in [6.07, 6.45) is -4.59. The zero-order valence-corrected chi connectivity index (χ0v) is 16.3. The van der Waals surface area contributed by atoms with E-state index in [-0.39, 0.29) is 18.3 Å². The number of hydrogen-bond acceptors (Lipinski definition) is 5. The summed E-state index contributed by atoms with van der Waals surface area (Å²) in [7, 11) is 1.55. The quantitative estimate of drug-likeness (QED) is 0.705. The number of benzene rings is 1. The number of aromatic nitrogens is 1. The third kappa shape index (κ3) is 5.46. The fourth-order valence-corrected chi connectivity index (χ4v) is 2.99. The van der Waals surface area contributed by atoms with E-state index in [0.717, 1.165) is 16.7 Å². The van der Waals surface area contributed by atoms with Gasteiger partial charge in [-0.05, 0) is 38.4 Å². The molecule has 1 heterocycles. The minimum absolute atomic E-state index is 0.00917. The smallest absolute Gasteiger partial charge is 0.426 e. The number of nitrogens with one attached hydrogen (secondary N) is 1. The van der Waals surface area contributed by atoms with Gasteiger partial charge in [0.1, 0.15) is 0 Å². The van der Waals surface area contributed by atoms with Crippen LogP contribution in [0, 0.1) is 20.8 Å². The SMILES string of the molecule is CCN(CCOC)Cc1oc(Nc2c(C)cc(C)cc2C)nc1C(F)(F)F. The molecule has 1 aromatic carbocycles. The standard InChI is InChI=1S/C19H26F3N3O2/c1-6-25(7-8-26-5)11-15-17(19(20,21)22)24-18(27-15)23-16-13(3)9-12(2)10-14(16)4/h9-10H,6-8,11H2,1-5H3,(H,23,24). The van der Waals surface area contributed by atoms with Crippen molar-refractivity contribution in [2.24, 2.45) is 0 Å². The van der Waals surface area contributed by atoms with Crippen molar-refractivity contribution in [3.8, 4) is 0 Å². The predicted molar refractivity (Wildman–Crippen MR) is 98.3 cm³/mol. The first kappa shape index (κ1) is 21.2. The molecule has 0 saturated heterocycles. The normalized spacial score (nSPS) is 12.0. The van der Waals surface area contributed by atoms with Gasteiger partial charge in [0.2, 0.25) is 0 Å². The van der Waals surface area contributed by atoms with E-state index in [2.05, 4.69) is 10.3 Å². The summed E-state index contributed by atoms with van der Waals surface area (Å²) in [4.78, 5) is 5.50. The van der Waals surface area contributed by atoms with Gasteiger partial charge in [-0.3, -0.25) is 4.90 Å². The van der Waals surface area contributed by atoms with Crippen LogP contribution in [0.25, 0.3) is 0 Å². The minimum Gasteiger partial charge on any atom is -0.426 e. The number of rotatable bonds is 8. The summed E-state index contributed by atoms with van der Waals surface area (Å²) in [6, 6.07) is 3.75. The molecular formula is C19H26F3N3O2. The Bertz CT molecular complexity index is 749. The maximum atomic E-state index is 13.4. The van der Waals surface area contributed by atoms with E-state index in [4.69, 9.17) is 9.15 Å². The van der Waals surface area contributed by atoms with Gasteiger partial charge in [-0.15, -0.1) is 0 Å². The van der Waals surface area contributed by atoms with Gasteiger partial charge in [-0.25, -0.2) is 0 Å². The summed E-state index contributed by atoms with van der Waals surface area (Å²) >= 11 is 0. The molecule has 0 fully saturated rings. The van der Waals surface area contributed by atoms with Gasteiger partial charge < -0.3 is 14.5 Å². The van der Waals surface area contributed by atoms with Gasteiger partial charge in [0.05, 0.1) is 13.2 Å². The highest BCUT2D eigenvalue weighted by molar-refractivity contribution is 5.63. The third-order valence-electron chi connectivity index (χ3n) is 4.30. The molecule has 2 rings (SSSR count). The molecule has 27 heavy (non-hydrogen) atoms. The number of ether oxygens (including phenoxy) is 1. The first-order valence-electron chi connectivity index (χ1n) is 8.78. The van der Waals surface area contributed by atoms with E-state index in [0.29, 0.717) is 25.4 Å². The molecule has 0 aliphatic heterocycles. The van der Waals surface area contributed by atoms with Gasteiger partial charge in [-0.1, -0.05) is 24.6 Å². The molecule has 5 nitrogen and oxygen atoms in total. The van der Waals surface area contributed by atoms with Crippen molar-refractivity contribution >= 4 is 11.7 Å². The number of nitrogens with zero attached hydrogens (tertiary/aromatic N) is 2. The molecule has 0 radical (unpaired) electrons. The van der Waals surface area contributed by atoms with Gasteiger partial charge in [-0.2, -0.15) is 18.2 Å². The third-order valence-corrected chi connectivity index (χ3v) is 4.30. The van der Waals surface area contributed by atoms with E-state index < -0.39 is 11.9 Å². The molecule has 0 bridgehead atoms. The fourth-order valence-electron chi connectivity index (χ4n) is 2.99. The second kappa shape index (κ2) is 8.75. The Labute approximate surface area is 157 Å². The molecule has 150 valence electrons. The highest BCUT2D eigenvalue weighted by Crippen LogP contribution is 2.35. The fraction of sp³-hybridized carbons (Fsp3) is 0.526. The van der Waals surface area contributed by atoms with Gasteiger partial charge >= 0.3 is 6.18 Å². The molecule has 0 unspecified atom stereocenters. The van der Waals surface area contributed by atoms with Crippen molar-refractivity contribution in [2.45, 2.75) is 40.4 Å². The highest BCUT2D eigenvalue weighted by atomic mass is 19.4. The molecule has 2 aromatic rings.